The summed E-state index contributed by atoms with van der Waals surface area (Å²) in [6.07, 6.45) is -1.96. The molecule has 1 aliphatic heterocycles. The van der Waals surface area contributed by atoms with Gasteiger partial charge in [0.15, 0.2) is 0 Å². The zero-order valence-corrected chi connectivity index (χ0v) is 22.0. The van der Waals surface area contributed by atoms with Crippen LogP contribution in [0, 0.1) is 11.3 Å². The molecule has 0 saturated carbocycles. The zero-order valence-electron chi connectivity index (χ0n) is 20.4. The van der Waals surface area contributed by atoms with Crippen molar-refractivity contribution in [1.29, 1.82) is 0 Å². The first kappa shape index (κ1) is 26.4. The number of rotatable bonds is 8. The third-order valence-corrected chi connectivity index (χ3v) is 7.18. The lowest BCUT2D eigenvalue weighted by Gasteiger charge is -2.34. The topological polar surface area (TPSA) is 55.8 Å². The van der Waals surface area contributed by atoms with Gasteiger partial charge in [-0.25, -0.2) is 0 Å². The predicted octanol–water partition coefficient (Wildman–Crippen LogP) is 5.79. The van der Waals surface area contributed by atoms with Crippen LogP contribution < -0.4 is 0 Å². The molecule has 34 heavy (non-hydrogen) atoms. The van der Waals surface area contributed by atoms with Crippen molar-refractivity contribution in [3.63, 3.8) is 0 Å². The maximum atomic E-state index is 14.0. The van der Waals surface area contributed by atoms with Gasteiger partial charge in [0.05, 0.1) is 18.1 Å². The van der Waals surface area contributed by atoms with Crippen molar-refractivity contribution in [2.75, 3.05) is 5.75 Å². The molecule has 0 radical (unpaired) electrons. The number of thiocarbonyl (C=S) groups is 1. The molecule has 5 nitrogen and oxygen atoms in total. The average Bonchev–Trinajstić information content (AvgIpc) is 3.20. The lowest BCUT2D eigenvalue weighted by Crippen LogP contribution is -2.50. The number of carbonyl (C=O) groups excluding carboxylic acids is 2. The van der Waals surface area contributed by atoms with Gasteiger partial charge in [-0.3, -0.25) is 14.5 Å². The second-order valence-corrected chi connectivity index (χ2v) is 11.5. The molecule has 3 rings (SSSR count). The highest BCUT2D eigenvalue weighted by Gasteiger charge is 2.45. The van der Waals surface area contributed by atoms with Gasteiger partial charge < -0.3 is 9.47 Å². The summed E-state index contributed by atoms with van der Waals surface area (Å²) in [5, 5.41) is 0. The Labute approximate surface area is 212 Å². The molecule has 1 heterocycles. The number of nitrogens with zero attached hydrogens (tertiary/aromatic N) is 1. The fourth-order valence-corrected chi connectivity index (χ4v) is 5.25. The van der Waals surface area contributed by atoms with Crippen LogP contribution in [0.15, 0.2) is 60.7 Å². The van der Waals surface area contributed by atoms with Crippen LogP contribution in [0.3, 0.4) is 0 Å². The van der Waals surface area contributed by atoms with E-state index in [-0.39, 0.29) is 24.5 Å². The van der Waals surface area contributed by atoms with E-state index in [0.717, 1.165) is 16.9 Å². The van der Waals surface area contributed by atoms with Crippen LogP contribution >= 0.6 is 24.0 Å². The molecule has 3 atom stereocenters. The maximum Gasteiger partial charge on any atom is 0.312 e. The third kappa shape index (κ3) is 6.46. The maximum absolute atomic E-state index is 14.0. The third-order valence-electron chi connectivity index (χ3n) is 5.68. The molecule has 0 bridgehead atoms. The van der Waals surface area contributed by atoms with E-state index >= 15 is 0 Å². The lowest BCUT2D eigenvalue weighted by atomic mass is 9.96. The van der Waals surface area contributed by atoms with E-state index in [9.17, 15) is 9.59 Å². The molecule has 2 aromatic rings. The summed E-state index contributed by atoms with van der Waals surface area (Å²) in [4.78, 5) is 28.7. The smallest absolute Gasteiger partial charge is 0.312 e. The Morgan fingerprint density at radius 2 is 1.65 bits per heavy atom. The molecule has 1 saturated heterocycles. The molecule has 0 aliphatic carbocycles. The first-order valence-electron chi connectivity index (χ1n) is 11.5. The summed E-state index contributed by atoms with van der Waals surface area (Å²) in [7, 11) is 0. The van der Waals surface area contributed by atoms with Crippen LogP contribution in [0.2, 0.25) is 0 Å². The van der Waals surface area contributed by atoms with Crippen molar-refractivity contribution in [3.05, 3.63) is 71.8 Å². The van der Waals surface area contributed by atoms with Crippen LogP contribution in [0.4, 0.5) is 0 Å². The van der Waals surface area contributed by atoms with Crippen molar-refractivity contribution in [3.8, 4) is 0 Å². The average molecular weight is 500 g/mol. The lowest BCUT2D eigenvalue weighted by molar-refractivity contribution is -0.177. The van der Waals surface area contributed by atoms with Gasteiger partial charge in [0.2, 0.25) is 6.10 Å². The molecule has 0 unspecified atom stereocenters. The Morgan fingerprint density at radius 1 is 1.06 bits per heavy atom. The molecular weight excluding hydrogens is 466 g/mol. The summed E-state index contributed by atoms with van der Waals surface area (Å²) < 4.78 is 12.8. The Bertz CT molecular complexity index is 989. The fraction of sp³-hybridized carbons (Fsp3) is 0.444. The van der Waals surface area contributed by atoms with Gasteiger partial charge in [-0.1, -0.05) is 98.5 Å². The number of benzene rings is 2. The predicted molar refractivity (Wildman–Crippen MR) is 140 cm³/mol. The molecule has 0 aromatic heterocycles. The van der Waals surface area contributed by atoms with Gasteiger partial charge in [0.1, 0.15) is 10.4 Å². The van der Waals surface area contributed by atoms with E-state index in [1.165, 1.54) is 11.8 Å². The molecule has 7 heteroatoms. The van der Waals surface area contributed by atoms with E-state index in [2.05, 4.69) is 13.8 Å². The van der Waals surface area contributed by atoms with Crippen molar-refractivity contribution in [2.24, 2.45) is 11.3 Å². The van der Waals surface area contributed by atoms with Crippen molar-refractivity contribution < 1.29 is 19.1 Å². The van der Waals surface area contributed by atoms with E-state index in [4.69, 9.17) is 21.7 Å². The van der Waals surface area contributed by atoms with Gasteiger partial charge in [-0.15, -0.1) is 0 Å². The summed E-state index contributed by atoms with van der Waals surface area (Å²) >= 11 is 7.04. The first-order chi connectivity index (χ1) is 16.1. The normalized spacial score (nSPS) is 18.1. The fourth-order valence-electron chi connectivity index (χ4n) is 3.61. The Hall–Kier alpha value is -2.22. The number of amides is 1. The van der Waals surface area contributed by atoms with Crippen LogP contribution in [0.25, 0.3) is 0 Å². The van der Waals surface area contributed by atoms with E-state index in [1.807, 2.05) is 60.7 Å². The van der Waals surface area contributed by atoms with Crippen molar-refractivity contribution in [2.45, 2.75) is 59.5 Å². The standard InChI is InChI=1S/C27H33NO4S2/c1-18(2)21-17-34-26(33)28(21)24(29)23(32-25(30)27(3,4)5)22(20-14-10-7-11-15-20)31-16-19-12-8-6-9-13-19/h6-15,18,21-23H,16-17H2,1-5H3/t21-,22-,23-/m1/s1. The van der Waals surface area contributed by atoms with Crippen LogP contribution in [0.5, 0.6) is 0 Å². The molecule has 0 spiro atoms. The van der Waals surface area contributed by atoms with Gasteiger partial charge in [0.25, 0.3) is 5.91 Å². The van der Waals surface area contributed by atoms with E-state index < -0.39 is 23.6 Å². The highest BCUT2D eigenvalue weighted by atomic mass is 32.2. The number of hydrogen-bond acceptors (Lipinski definition) is 6. The minimum Gasteiger partial charge on any atom is -0.449 e. The van der Waals surface area contributed by atoms with E-state index in [0.29, 0.717) is 4.32 Å². The SMILES string of the molecule is CC(C)[C@H]1CSC(=S)N1C(=O)[C@H](OC(=O)C(C)(C)C)[C@H](OCc1ccccc1)c1ccccc1. The van der Waals surface area contributed by atoms with Gasteiger partial charge in [0, 0.05) is 5.75 Å². The van der Waals surface area contributed by atoms with Gasteiger partial charge in [-0.2, -0.15) is 0 Å². The molecular formula is C27H33NO4S2. The number of esters is 1. The summed E-state index contributed by atoms with van der Waals surface area (Å²) in [5.41, 5.74) is 0.943. The highest BCUT2D eigenvalue weighted by molar-refractivity contribution is 8.23. The molecule has 1 fully saturated rings. The summed E-state index contributed by atoms with van der Waals surface area (Å²) in [5.74, 6) is 0.127. The molecule has 1 amide bonds. The second kappa shape index (κ2) is 11.5. The Morgan fingerprint density at radius 3 is 2.21 bits per heavy atom. The summed E-state index contributed by atoms with van der Waals surface area (Å²) in [6.45, 7) is 9.71. The van der Waals surface area contributed by atoms with Gasteiger partial charge >= 0.3 is 5.97 Å². The Kier molecular flexibility index (Phi) is 8.90. The molecule has 0 N–H and O–H groups in total. The number of ether oxygens (including phenoxy) is 2. The van der Waals surface area contributed by atoms with Crippen LogP contribution in [-0.4, -0.2) is 39.0 Å². The highest BCUT2D eigenvalue weighted by Crippen LogP contribution is 2.34. The zero-order chi connectivity index (χ0) is 24.9. The number of thioether (sulfide) groups is 1. The second-order valence-electron chi connectivity index (χ2n) is 9.80. The number of carbonyl (C=O) groups is 2. The van der Waals surface area contributed by atoms with Crippen molar-refractivity contribution in [1.82, 2.24) is 4.90 Å². The van der Waals surface area contributed by atoms with Crippen molar-refractivity contribution >= 4 is 40.2 Å². The minimum atomic E-state index is -1.17. The monoisotopic (exact) mass is 499 g/mol. The van der Waals surface area contributed by atoms with Crippen LogP contribution in [-0.2, 0) is 25.7 Å². The van der Waals surface area contributed by atoms with E-state index in [1.54, 1.807) is 25.7 Å². The summed E-state index contributed by atoms with van der Waals surface area (Å²) in [6, 6.07) is 19.1. The molecule has 1 aliphatic rings. The van der Waals surface area contributed by atoms with Gasteiger partial charge in [-0.05, 0) is 37.8 Å². The number of hydrogen-bond donors (Lipinski definition) is 0. The minimum absolute atomic E-state index is 0.0635. The molecule has 182 valence electrons. The molecule has 2 aromatic carbocycles. The largest absolute Gasteiger partial charge is 0.449 e. The first-order valence-corrected chi connectivity index (χ1v) is 12.9. The Balaban J connectivity index is 2.01. The van der Waals surface area contributed by atoms with Crippen LogP contribution in [0.1, 0.15) is 51.8 Å². The quantitative estimate of drug-likeness (QED) is 0.339.